The minimum Gasteiger partial charge on any atom is -0.214 e. The van der Waals surface area contributed by atoms with Crippen molar-refractivity contribution in [3.63, 3.8) is 0 Å². The molecule has 0 heterocycles. The van der Waals surface area contributed by atoms with Gasteiger partial charge in [-0.15, -0.1) is 0 Å². The van der Waals surface area contributed by atoms with E-state index < -0.39 is 23.8 Å². The van der Waals surface area contributed by atoms with Gasteiger partial charge in [0, 0.05) is 12.8 Å². The molecule has 0 aliphatic rings. The summed E-state index contributed by atoms with van der Waals surface area (Å²) in [6.45, 7) is 9.81. The van der Waals surface area contributed by atoms with Gasteiger partial charge >= 0.3 is 34.8 Å². The van der Waals surface area contributed by atoms with Crippen molar-refractivity contribution in [2.45, 2.75) is 26.2 Å². The van der Waals surface area contributed by atoms with E-state index >= 15 is 0 Å². The van der Waals surface area contributed by atoms with Crippen LogP contribution in [-0.4, -0.2) is 24.9 Å². The number of hydrogen-bond acceptors (Lipinski definition) is 2. The number of halogens is 1. The molecule has 2 aromatic rings. The smallest absolute Gasteiger partial charge is 0.172 e. The molecule has 0 aliphatic carbocycles. The Morgan fingerprint density at radius 1 is 1.04 bits per heavy atom. The molecule has 0 saturated carbocycles. The van der Waals surface area contributed by atoms with Gasteiger partial charge in [0.25, 0.3) is 0 Å². The second-order valence-electron chi connectivity index (χ2n) is 5.33. The molecule has 0 unspecified atom stereocenters. The van der Waals surface area contributed by atoms with Crippen molar-refractivity contribution >= 4 is 46.0 Å². The molecule has 0 saturated heterocycles. The van der Waals surface area contributed by atoms with Gasteiger partial charge < -0.3 is 0 Å². The standard InChI is InChI=1S/C10H16BrSi2.C5H5.2CO.Ru/c1-12(2)13(3,4)10-7-5-9(11)6-8-10;1-2-4-5-3-1;2*1-2;/h5-8H,1-4H3;1-5H;;;/q;-1;;;. The Hall–Kier alpha value is -0.733. The van der Waals surface area contributed by atoms with Gasteiger partial charge in [-0.3, -0.25) is 0 Å². The van der Waals surface area contributed by atoms with Gasteiger partial charge in [-0.1, -0.05) is 59.4 Å². The first-order valence-corrected chi connectivity index (χ1v) is 16.0. The van der Waals surface area contributed by atoms with E-state index in [1.54, 1.807) is 5.19 Å². The third kappa shape index (κ3) is 9.88. The van der Waals surface area contributed by atoms with Crippen LogP contribution in [0.2, 0.25) is 26.2 Å². The molecule has 0 aliphatic heterocycles. The summed E-state index contributed by atoms with van der Waals surface area (Å²) in [7, 11) is -1.25. The van der Waals surface area contributed by atoms with Gasteiger partial charge in [0.15, 0.2) is 0 Å². The number of hydrogen-bond donors (Lipinski definition) is 0. The molecule has 6 heteroatoms. The van der Waals surface area contributed by atoms with Crippen LogP contribution in [0.25, 0.3) is 0 Å². The van der Waals surface area contributed by atoms with E-state index in [1.807, 2.05) is 30.3 Å². The zero-order valence-corrected chi connectivity index (χ0v) is 19.1. The van der Waals surface area contributed by atoms with E-state index in [4.69, 9.17) is 9.59 Å². The minimum absolute atomic E-state index is 0.152. The van der Waals surface area contributed by atoms with Crippen molar-refractivity contribution in [1.82, 2.24) is 0 Å². The molecule has 2 rings (SSSR count). The summed E-state index contributed by atoms with van der Waals surface area (Å²) >= 11 is 2.63. The van der Waals surface area contributed by atoms with Gasteiger partial charge in [-0.05, 0) is 12.1 Å². The van der Waals surface area contributed by atoms with E-state index in [0.29, 0.717) is 0 Å². The summed E-state index contributed by atoms with van der Waals surface area (Å²) in [6, 6.07) is 18.9. The monoisotopic (exact) mass is 494 g/mol. The van der Waals surface area contributed by atoms with Crippen molar-refractivity contribution in [3.05, 3.63) is 59.1 Å². The van der Waals surface area contributed by atoms with Gasteiger partial charge in [0.1, 0.15) is 0 Å². The molecule has 0 atom stereocenters. The van der Waals surface area contributed by atoms with E-state index in [9.17, 15) is 0 Å². The molecule has 125 valence electrons. The van der Waals surface area contributed by atoms with Gasteiger partial charge in [-0.25, -0.2) is 12.1 Å². The fraction of sp³-hybridized carbons (Fsp3) is 0.235. The zero-order chi connectivity index (χ0) is 17.7. The molecular formula is C17H21BrO2RuSi2-. The maximum absolute atomic E-state index is 9.06. The summed E-state index contributed by atoms with van der Waals surface area (Å²) in [5, 5.41) is 1.59. The Bertz CT molecular complexity index is 621. The molecule has 23 heavy (non-hydrogen) atoms. The van der Waals surface area contributed by atoms with E-state index in [0.717, 1.165) is 0 Å². The maximum atomic E-state index is 9.06. The predicted octanol–water partition coefficient (Wildman–Crippen LogP) is 3.81. The van der Waals surface area contributed by atoms with Crippen LogP contribution in [0.1, 0.15) is 0 Å². The largest absolute Gasteiger partial charge is 0.214 e. The average Bonchev–Trinajstić information content (AvgIpc) is 3.08. The van der Waals surface area contributed by atoms with Crippen molar-refractivity contribution in [3.8, 4) is 0 Å². The van der Waals surface area contributed by atoms with E-state index in [2.05, 4.69) is 66.4 Å². The third-order valence-corrected chi connectivity index (χ3v) is 17.0. The van der Waals surface area contributed by atoms with Crippen molar-refractivity contribution in [2.24, 2.45) is 0 Å². The van der Waals surface area contributed by atoms with Crippen LogP contribution in [0, 0.1) is 0 Å². The summed E-state index contributed by atoms with van der Waals surface area (Å²) in [5.74, 6) is 0. The second-order valence-corrected chi connectivity index (χ2v) is 20.0. The van der Waals surface area contributed by atoms with Gasteiger partial charge in [0.05, 0.1) is 7.59 Å². The van der Waals surface area contributed by atoms with Gasteiger partial charge in [-0.2, -0.15) is 18.2 Å². The zero-order valence-electron chi connectivity index (χ0n) is 13.7. The van der Waals surface area contributed by atoms with E-state index in [1.165, 1.54) is 13.4 Å². The number of carbonyl (C=O) groups excluding carboxylic acids is 2. The first-order chi connectivity index (χ1) is 10.9. The van der Waals surface area contributed by atoms with Crippen LogP contribution in [-0.2, 0) is 25.8 Å². The Balaban J connectivity index is 0.000000396. The van der Waals surface area contributed by atoms with Crippen LogP contribution in [0.4, 0.5) is 0 Å². The molecule has 0 N–H and O–H groups in total. The molecule has 0 fully saturated rings. The third-order valence-electron chi connectivity index (χ3n) is 3.44. The first kappa shape index (κ1) is 22.3. The predicted molar refractivity (Wildman–Crippen MR) is 102 cm³/mol. The molecule has 2 nitrogen and oxygen atoms in total. The number of rotatable bonds is 2. The Kier molecular flexibility index (Phi) is 12.3. The molecule has 0 aromatic heterocycles. The molecule has 0 spiro atoms. The van der Waals surface area contributed by atoms with Crippen LogP contribution >= 0.6 is 15.9 Å². The van der Waals surface area contributed by atoms with Gasteiger partial charge in [0.2, 0.25) is 0 Å². The minimum atomic E-state index is -1.10. The first-order valence-electron chi connectivity index (χ1n) is 6.94. The molecular weight excluding hydrogens is 473 g/mol. The average molecular weight is 494 g/mol. The van der Waals surface area contributed by atoms with Crippen LogP contribution < -0.4 is 5.19 Å². The summed E-state index contributed by atoms with van der Waals surface area (Å²) in [6.07, 6.45) is 0. The number of benzene rings is 1. The van der Waals surface area contributed by atoms with Crippen molar-refractivity contribution in [2.75, 3.05) is 0 Å². The molecule has 1 radical (unpaired) electrons. The summed E-state index contributed by atoms with van der Waals surface area (Å²) in [5.41, 5.74) is 0. The fourth-order valence-electron chi connectivity index (χ4n) is 1.49. The van der Waals surface area contributed by atoms with Crippen LogP contribution in [0.15, 0.2) is 59.1 Å². The van der Waals surface area contributed by atoms with E-state index in [-0.39, 0.29) is 8.31 Å². The Morgan fingerprint density at radius 2 is 1.52 bits per heavy atom. The van der Waals surface area contributed by atoms with Crippen LogP contribution in [0.3, 0.4) is 0 Å². The Labute approximate surface area is 156 Å². The normalized spacial score (nSPS) is 9.65. The summed E-state index contributed by atoms with van der Waals surface area (Å²) < 4.78 is 4.05. The van der Waals surface area contributed by atoms with Crippen molar-refractivity contribution < 1.29 is 25.8 Å². The Morgan fingerprint density at radius 3 is 1.78 bits per heavy atom. The molecule has 0 amide bonds. The topological polar surface area (TPSA) is 34.1 Å². The molecule has 2 aromatic carbocycles. The fourth-order valence-corrected chi connectivity index (χ4v) is 5.64. The quantitative estimate of drug-likeness (QED) is 0.470. The van der Waals surface area contributed by atoms with Crippen molar-refractivity contribution in [1.29, 1.82) is 0 Å². The summed E-state index contributed by atoms with van der Waals surface area (Å²) in [4.78, 5) is 18.1. The maximum Gasteiger partial charge on any atom is -0.172 e. The second kappa shape index (κ2) is 12.7. The van der Waals surface area contributed by atoms with Crippen LogP contribution in [0.5, 0.6) is 0 Å². The SMILES string of the molecule is C[Si](C)[Si](C)(C)c1ccc(Br)cc1.O=[C]=[Ru]=[C]=O.c1cc[cH-]c1. The molecule has 0 bridgehead atoms.